The Kier molecular flexibility index (Phi) is 11.6. The molecular weight excluding hydrogens is 457 g/mol. The van der Waals surface area contributed by atoms with Gasteiger partial charge in [-0.25, -0.2) is 4.79 Å². The van der Waals surface area contributed by atoms with E-state index in [1.165, 1.54) is 0 Å². The molecule has 2 N–H and O–H groups in total. The molecule has 160 valence electrons. The first-order valence-corrected chi connectivity index (χ1v) is 9.80. The molecule has 1 fully saturated rings. The molecule has 0 aromatic heterocycles. The van der Waals surface area contributed by atoms with Gasteiger partial charge in [0.2, 0.25) is 0 Å². The summed E-state index contributed by atoms with van der Waals surface area (Å²) in [5.74, 6) is 0.578. The summed E-state index contributed by atoms with van der Waals surface area (Å²) in [6.07, 6.45) is 0.740. The molecular formula is C19H40IN5O2. The number of nitrogens with two attached hydrogens (primary N) is 1. The van der Waals surface area contributed by atoms with Crippen molar-refractivity contribution in [3.8, 4) is 0 Å². The van der Waals surface area contributed by atoms with Crippen molar-refractivity contribution in [2.24, 2.45) is 10.7 Å². The van der Waals surface area contributed by atoms with Crippen LogP contribution in [0.1, 0.15) is 54.9 Å². The van der Waals surface area contributed by atoms with Crippen molar-refractivity contribution in [2.75, 3.05) is 39.3 Å². The zero-order valence-electron chi connectivity index (χ0n) is 18.2. The number of halogens is 1. The van der Waals surface area contributed by atoms with E-state index in [-0.39, 0.29) is 30.1 Å². The first-order valence-electron chi connectivity index (χ1n) is 9.80. The number of carbonyl (C=O) groups is 1. The topological polar surface area (TPSA) is 74.4 Å². The SMILES string of the molecule is CC(C)N(CCCN=C(N)N1CCN(C(=O)OC(C)(C)C)CC1)C(C)C.I. The van der Waals surface area contributed by atoms with Crippen LogP contribution in [0, 0.1) is 0 Å². The largest absolute Gasteiger partial charge is 0.444 e. The maximum absolute atomic E-state index is 12.1. The van der Waals surface area contributed by atoms with E-state index in [1.54, 1.807) is 4.90 Å². The van der Waals surface area contributed by atoms with Gasteiger partial charge >= 0.3 is 6.09 Å². The maximum atomic E-state index is 12.1. The van der Waals surface area contributed by atoms with E-state index in [2.05, 4.69) is 37.6 Å². The summed E-state index contributed by atoms with van der Waals surface area (Å²) in [5.41, 5.74) is 5.67. The summed E-state index contributed by atoms with van der Waals surface area (Å²) in [6, 6.07) is 1.08. The third-order valence-electron chi connectivity index (χ3n) is 4.43. The first-order chi connectivity index (χ1) is 12.0. The summed E-state index contributed by atoms with van der Waals surface area (Å²) in [4.78, 5) is 22.9. The van der Waals surface area contributed by atoms with Gasteiger partial charge in [-0.2, -0.15) is 0 Å². The number of rotatable bonds is 6. The number of amides is 1. The summed E-state index contributed by atoms with van der Waals surface area (Å²) in [5, 5.41) is 0. The van der Waals surface area contributed by atoms with Gasteiger partial charge in [-0.15, -0.1) is 24.0 Å². The number of piperazine rings is 1. The van der Waals surface area contributed by atoms with Gasteiger partial charge in [0.1, 0.15) is 5.60 Å². The van der Waals surface area contributed by atoms with E-state index in [0.29, 0.717) is 44.2 Å². The molecule has 0 atom stereocenters. The Labute approximate surface area is 182 Å². The van der Waals surface area contributed by atoms with Crippen molar-refractivity contribution in [1.82, 2.24) is 14.7 Å². The average molecular weight is 497 g/mol. The molecule has 0 saturated carbocycles. The van der Waals surface area contributed by atoms with Crippen molar-refractivity contribution in [2.45, 2.75) is 72.6 Å². The lowest BCUT2D eigenvalue weighted by molar-refractivity contribution is 0.0186. The van der Waals surface area contributed by atoms with Crippen LogP contribution in [0.2, 0.25) is 0 Å². The number of guanidine groups is 1. The van der Waals surface area contributed by atoms with Crippen molar-refractivity contribution in [3.63, 3.8) is 0 Å². The molecule has 1 saturated heterocycles. The minimum absolute atomic E-state index is 0. The van der Waals surface area contributed by atoms with Crippen molar-refractivity contribution in [1.29, 1.82) is 0 Å². The highest BCUT2D eigenvalue weighted by Crippen LogP contribution is 2.12. The highest BCUT2D eigenvalue weighted by Gasteiger charge is 2.26. The minimum Gasteiger partial charge on any atom is -0.444 e. The van der Waals surface area contributed by atoms with Crippen LogP contribution in [0.25, 0.3) is 0 Å². The van der Waals surface area contributed by atoms with E-state index < -0.39 is 5.60 Å². The Morgan fingerprint density at radius 3 is 2.00 bits per heavy atom. The molecule has 0 unspecified atom stereocenters. The molecule has 7 nitrogen and oxygen atoms in total. The summed E-state index contributed by atoms with van der Waals surface area (Å²) >= 11 is 0. The van der Waals surface area contributed by atoms with Crippen molar-refractivity contribution in [3.05, 3.63) is 0 Å². The van der Waals surface area contributed by atoms with E-state index in [0.717, 1.165) is 19.5 Å². The van der Waals surface area contributed by atoms with Gasteiger partial charge in [-0.05, 0) is 54.9 Å². The average Bonchev–Trinajstić information content (AvgIpc) is 2.52. The first kappa shape index (κ1) is 26.2. The molecule has 0 radical (unpaired) electrons. The Hall–Kier alpha value is -0.770. The number of hydrogen-bond acceptors (Lipinski definition) is 4. The third kappa shape index (κ3) is 9.82. The lowest BCUT2D eigenvalue weighted by Gasteiger charge is -2.36. The molecule has 0 spiro atoms. The number of nitrogens with zero attached hydrogens (tertiary/aromatic N) is 4. The highest BCUT2D eigenvalue weighted by atomic mass is 127. The fourth-order valence-corrected chi connectivity index (χ4v) is 3.10. The van der Waals surface area contributed by atoms with Gasteiger partial charge in [-0.3, -0.25) is 9.89 Å². The number of hydrogen-bond donors (Lipinski definition) is 1. The predicted octanol–water partition coefficient (Wildman–Crippen LogP) is 2.98. The van der Waals surface area contributed by atoms with Gasteiger partial charge < -0.3 is 20.3 Å². The molecule has 1 heterocycles. The fraction of sp³-hybridized carbons (Fsp3) is 0.895. The van der Waals surface area contributed by atoms with Gasteiger partial charge in [0.15, 0.2) is 5.96 Å². The Balaban J connectivity index is 0.00000676. The van der Waals surface area contributed by atoms with Crippen molar-refractivity contribution < 1.29 is 9.53 Å². The van der Waals surface area contributed by atoms with E-state index >= 15 is 0 Å². The molecule has 8 heteroatoms. The second-order valence-electron chi connectivity index (χ2n) is 8.47. The number of aliphatic imine (C=N–C) groups is 1. The molecule has 0 bridgehead atoms. The molecule has 1 amide bonds. The Bertz CT molecular complexity index is 461. The normalized spacial score (nSPS) is 16.1. The standard InChI is InChI=1S/C19H39N5O2.HI/c1-15(2)24(16(3)4)10-8-9-21-17(20)22-11-13-23(14-12-22)18(25)26-19(5,6)7;/h15-16H,8-14H2,1-7H3,(H2,20,21);1H. The van der Waals surface area contributed by atoms with Crippen LogP contribution in [-0.2, 0) is 4.74 Å². The number of ether oxygens (including phenoxy) is 1. The van der Waals surface area contributed by atoms with Crippen LogP contribution < -0.4 is 5.73 Å². The molecule has 0 aliphatic carbocycles. The van der Waals surface area contributed by atoms with Crippen LogP contribution in [0.4, 0.5) is 4.79 Å². The molecule has 1 aliphatic rings. The quantitative estimate of drug-likeness (QED) is 0.264. The molecule has 1 rings (SSSR count). The lowest BCUT2D eigenvalue weighted by Crippen LogP contribution is -2.53. The van der Waals surface area contributed by atoms with E-state index in [9.17, 15) is 4.79 Å². The second kappa shape index (κ2) is 11.9. The van der Waals surface area contributed by atoms with Crippen LogP contribution in [0.15, 0.2) is 4.99 Å². The van der Waals surface area contributed by atoms with Crippen LogP contribution in [-0.4, -0.2) is 83.7 Å². The van der Waals surface area contributed by atoms with Gasteiger partial charge in [0.05, 0.1) is 0 Å². The molecule has 0 aromatic rings. The zero-order valence-corrected chi connectivity index (χ0v) is 20.5. The van der Waals surface area contributed by atoms with E-state index in [4.69, 9.17) is 10.5 Å². The molecule has 0 aromatic carbocycles. The zero-order chi connectivity index (χ0) is 19.9. The van der Waals surface area contributed by atoms with Crippen LogP contribution in [0.5, 0.6) is 0 Å². The smallest absolute Gasteiger partial charge is 0.410 e. The lowest BCUT2D eigenvalue weighted by atomic mass is 10.2. The summed E-state index contributed by atoms with van der Waals surface area (Å²) in [7, 11) is 0. The third-order valence-corrected chi connectivity index (χ3v) is 4.43. The van der Waals surface area contributed by atoms with Gasteiger partial charge in [0, 0.05) is 51.4 Å². The van der Waals surface area contributed by atoms with E-state index in [1.807, 2.05) is 25.7 Å². The number of carbonyl (C=O) groups excluding carboxylic acids is 1. The Morgan fingerprint density at radius 2 is 1.56 bits per heavy atom. The molecule has 1 aliphatic heterocycles. The summed E-state index contributed by atoms with van der Waals surface area (Å²) in [6.45, 7) is 18.9. The molecule has 27 heavy (non-hydrogen) atoms. The van der Waals surface area contributed by atoms with Gasteiger partial charge in [0.25, 0.3) is 0 Å². The van der Waals surface area contributed by atoms with Crippen LogP contribution >= 0.6 is 24.0 Å². The monoisotopic (exact) mass is 497 g/mol. The maximum Gasteiger partial charge on any atom is 0.410 e. The fourth-order valence-electron chi connectivity index (χ4n) is 3.10. The Morgan fingerprint density at radius 1 is 1.07 bits per heavy atom. The summed E-state index contributed by atoms with van der Waals surface area (Å²) < 4.78 is 5.42. The van der Waals surface area contributed by atoms with Crippen molar-refractivity contribution >= 4 is 36.0 Å². The predicted molar refractivity (Wildman–Crippen MR) is 123 cm³/mol. The van der Waals surface area contributed by atoms with Gasteiger partial charge in [-0.1, -0.05) is 0 Å². The minimum atomic E-state index is -0.464. The second-order valence-corrected chi connectivity index (χ2v) is 8.47. The highest BCUT2D eigenvalue weighted by molar-refractivity contribution is 14.0. The van der Waals surface area contributed by atoms with Crippen LogP contribution in [0.3, 0.4) is 0 Å².